The van der Waals surface area contributed by atoms with Gasteiger partial charge in [0.25, 0.3) is 5.92 Å². The Morgan fingerprint density at radius 3 is 1.75 bits per heavy atom. The summed E-state index contributed by atoms with van der Waals surface area (Å²) >= 11 is 0. The summed E-state index contributed by atoms with van der Waals surface area (Å²) in [6.45, 7) is 8.46. The zero-order chi connectivity index (χ0) is 41.4. The van der Waals surface area contributed by atoms with E-state index in [1.807, 2.05) is 85.8 Å². The smallest absolute Gasteiger partial charge is 0.299 e. The minimum atomic E-state index is -3.19. The second-order valence-corrected chi connectivity index (χ2v) is 15.5. The third-order valence-electron chi connectivity index (χ3n) is 12.1. The summed E-state index contributed by atoms with van der Waals surface area (Å²) in [6, 6.07) is 57.7. The van der Waals surface area contributed by atoms with Crippen molar-refractivity contribution in [1.82, 2.24) is 10.6 Å². The summed E-state index contributed by atoms with van der Waals surface area (Å²) in [5.74, 6) is -3.05. The summed E-state index contributed by atoms with van der Waals surface area (Å²) < 4.78 is 32.6. The lowest BCUT2D eigenvalue weighted by molar-refractivity contribution is 0.0480. The van der Waals surface area contributed by atoms with E-state index in [0.29, 0.717) is 16.7 Å². The normalized spacial score (nSPS) is 15.5. The van der Waals surface area contributed by atoms with Crippen LogP contribution in [0.2, 0.25) is 0 Å². The van der Waals surface area contributed by atoms with Gasteiger partial charge < -0.3 is 5.32 Å². The number of hydrogen-bond acceptors (Lipinski definition) is 2. The Kier molecular flexibility index (Phi) is 10.1. The van der Waals surface area contributed by atoms with Crippen molar-refractivity contribution in [3.63, 3.8) is 0 Å². The number of benzene rings is 7. The van der Waals surface area contributed by atoms with Gasteiger partial charge in [0.15, 0.2) is 0 Å². The van der Waals surface area contributed by atoms with Gasteiger partial charge in [0.2, 0.25) is 0 Å². The zero-order valence-corrected chi connectivity index (χ0v) is 33.6. The van der Waals surface area contributed by atoms with Crippen LogP contribution < -0.4 is 10.6 Å². The van der Waals surface area contributed by atoms with E-state index in [2.05, 4.69) is 115 Å². The maximum absolute atomic E-state index is 16.3. The molecule has 0 aromatic heterocycles. The highest BCUT2D eigenvalue weighted by molar-refractivity contribution is 5.99. The molecule has 3 nitrogen and oxygen atoms in total. The predicted molar refractivity (Wildman–Crippen MR) is 242 cm³/mol. The molecular weight excluding hydrogens is 741 g/mol. The molecule has 60 heavy (non-hydrogen) atoms. The molecule has 2 aliphatic carbocycles. The summed E-state index contributed by atoms with van der Waals surface area (Å²) in [6.07, 6.45) is 5.79. The van der Waals surface area contributed by atoms with Gasteiger partial charge in [-0.15, -0.1) is 0 Å². The average Bonchev–Trinajstić information content (AvgIpc) is 3.71. The van der Waals surface area contributed by atoms with Crippen LogP contribution in [0.5, 0.6) is 0 Å². The molecule has 0 saturated heterocycles. The molecule has 0 radical (unpaired) electrons. The van der Waals surface area contributed by atoms with E-state index in [1.165, 1.54) is 6.07 Å². The van der Waals surface area contributed by atoms with Gasteiger partial charge in [-0.3, -0.25) is 10.7 Å². The molecule has 2 aliphatic rings. The van der Waals surface area contributed by atoms with Crippen LogP contribution in [0, 0.1) is 5.41 Å². The van der Waals surface area contributed by atoms with Crippen LogP contribution in [0.3, 0.4) is 0 Å². The van der Waals surface area contributed by atoms with Gasteiger partial charge in [0, 0.05) is 22.7 Å². The lowest BCUT2D eigenvalue weighted by atomic mass is 9.66. The van der Waals surface area contributed by atoms with Gasteiger partial charge in [-0.25, -0.2) is 0 Å². The van der Waals surface area contributed by atoms with E-state index in [9.17, 15) is 5.41 Å². The first-order valence-electron chi connectivity index (χ1n) is 20.4. The van der Waals surface area contributed by atoms with Gasteiger partial charge in [0.1, 0.15) is 12.0 Å². The Morgan fingerprint density at radius 2 is 1.15 bits per heavy atom. The molecule has 0 spiro atoms. The first kappa shape index (κ1) is 38.6. The largest absolute Gasteiger partial charge is 0.351 e. The molecule has 0 heterocycles. The summed E-state index contributed by atoms with van der Waals surface area (Å²) in [4.78, 5) is 0. The Hall–Kier alpha value is -6.95. The fraction of sp³-hybridized carbons (Fsp3) is 0.109. The molecule has 5 heteroatoms. The van der Waals surface area contributed by atoms with E-state index < -0.39 is 17.5 Å². The lowest BCUT2D eigenvalue weighted by Gasteiger charge is -2.35. The monoisotopic (exact) mass is 785 g/mol. The highest BCUT2D eigenvalue weighted by Crippen LogP contribution is 2.57. The number of halogens is 2. The molecule has 294 valence electrons. The third-order valence-corrected chi connectivity index (χ3v) is 12.1. The lowest BCUT2D eigenvalue weighted by Crippen LogP contribution is -2.39. The summed E-state index contributed by atoms with van der Waals surface area (Å²) in [7, 11) is 0. The highest BCUT2D eigenvalue weighted by Gasteiger charge is 2.47. The second kappa shape index (κ2) is 15.7. The van der Waals surface area contributed by atoms with Crippen LogP contribution in [0.15, 0.2) is 206 Å². The minimum absolute atomic E-state index is 0.0284. The van der Waals surface area contributed by atoms with Gasteiger partial charge in [0.05, 0.1) is 5.41 Å². The van der Waals surface area contributed by atoms with Crippen LogP contribution in [0.25, 0.3) is 27.8 Å². The summed E-state index contributed by atoms with van der Waals surface area (Å²) in [5.41, 5.74) is 11.1. The van der Waals surface area contributed by atoms with Gasteiger partial charge >= 0.3 is 0 Å². The Bertz CT molecular complexity index is 2750. The maximum atomic E-state index is 16.3. The number of alkyl halides is 2. The van der Waals surface area contributed by atoms with Crippen molar-refractivity contribution in [3.05, 3.63) is 256 Å². The van der Waals surface area contributed by atoms with Gasteiger partial charge in [-0.2, -0.15) is 8.78 Å². The van der Waals surface area contributed by atoms with Gasteiger partial charge in [-0.1, -0.05) is 183 Å². The Labute approximate surface area is 351 Å². The molecule has 9 rings (SSSR count). The number of hydrogen-bond donors (Lipinski definition) is 3. The fourth-order valence-electron chi connectivity index (χ4n) is 9.28. The molecule has 0 bridgehead atoms. The zero-order valence-electron chi connectivity index (χ0n) is 33.6. The number of nitrogens with one attached hydrogen (secondary N) is 3. The standard InChI is InChI=1S/C55H45F2N3/c1-4-18-44-45-30-27-40(35-51(45)54(48(44)5-2,42-23-14-8-15-24-42)43-25-16-9-17-26-43)39-28-31-49-46(33-39)47-34-41(29-32-50(47)55(49,56)57)52(58)60-53(38-21-12-7-13-22-38)59-36(3)37-19-10-6-11-20-37/h4-36,53,59H,2H2,1,3H3,(H2,58,60)/b18-4-. The number of amidine groups is 1. The molecule has 7 aromatic carbocycles. The van der Waals surface area contributed by atoms with Crippen molar-refractivity contribution >= 4 is 11.4 Å². The highest BCUT2D eigenvalue weighted by atomic mass is 19.3. The maximum Gasteiger partial charge on any atom is 0.299 e. The molecule has 0 aliphatic heterocycles. The average molecular weight is 786 g/mol. The molecule has 0 amide bonds. The first-order chi connectivity index (χ1) is 29.2. The quantitative estimate of drug-likeness (QED) is 0.0695. The fourth-order valence-corrected chi connectivity index (χ4v) is 9.28. The predicted octanol–water partition coefficient (Wildman–Crippen LogP) is 13.3. The Morgan fingerprint density at radius 1 is 0.617 bits per heavy atom. The van der Waals surface area contributed by atoms with Crippen LogP contribution >= 0.6 is 0 Å². The van der Waals surface area contributed by atoms with Crippen LogP contribution in [-0.4, -0.2) is 5.84 Å². The molecule has 3 N–H and O–H groups in total. The molecule has 2 atom stereocenters. The summed E-state index contributed by atoms with van der Waals surface area (Å²) in [5, 5.41) is 16.3. The van der Waals surface area contributed by atoms with Crippen LogP contribution in [0.4, 0.5) is 8.78 Å². The molecular formula is C55H45F2N3. The van der Waals surface area contributed by atoms with Crippen molar-refractivity contribution < 1.29 is 8.78 Å². The second-order valence-electron chi connectivity index (χ2n) is 15.5. The van der Waals surface area contributed by atoms with E-state index in [4.69, 9.17) is 0 Å². The van der Waals surface area contributed by atoms with E-state index in [1.54, 1.807) is 18.2 Å². The van der Waals surface area contributed by atoms with E-state index in [-0.39, 0.29) is 23.0 Å². The van der Waals surface area contributed by atoms with Crippen molar-refractivity contribution in [1.29, 1.82) is 5.41 Å². The number of rotatable bonds is 11. The van der Waals surface area contributed by atoms with Crippen molar-refractivity contribution in [2.75, 3.05) is 0 Å². The minimum Gasteiger partial charge on any atom is -0.351 e. The molecule has 0 fully saturated rings. The first-order valence-corrected chi connectivity index (χ1v) is 20.4. The van der Waals surface area contributed by atoms with Crippen LogP contribution in [0.1, 0.15) is 76.1 Å². The number of allylic oxidation sites excluding steroid dienone is 5. The SMILES string of the molecule is C=CC1=C(/C=C\C)c2ccc(-c3ccc4c(c3)-c3cc(C(=N)NC(NC(C)c5ccccc5)c5ccccc5)ccc3C4(F)F)cc2C1(c1ccccc1)c1ccccc1. The Balaban J connectivity index is 1.12. The molecule has 7 aromatic rings. The number of fused-ring (bicyclic) bond motifs is 4. The van der Waals surface area contributed by atoms with Crippen molar-refractivity contribution in [2.24, 2.45) is 0 Å². The molecule has 0 saturated carbocycles. The third kappa shape index (κ3) is 6.43. The van der Waals surface area contributed by atoms with Crippen molar-refractivity contribution in [2.45, 2.75) is 37.4 Å². The van der Waals surface area contributed by atoms with E-state index in [0.717, 1.165) is 55.7 Å². The van der Waals surface area contributed by atoms with E-state index >= 15 is 8.78 Å². The van der Waals surface area contributed by atoms with Crippen molar-refractivity contribution in [3.8, 4) is 22.3 Å². The molecule has 2 unspecified atom stereocenters. The van der Waals surface area contributed by atoms with Gasteiger partial charge in [-0.05, 0) is 98.8 Å². The van der Waals surface area contributed by atoms with Crippen LogP contribution in [-0.2, 0) is 11.3 Å². The topological polar surface area (TPSA) is 47.9 Å².